The van der Waals surface area contributed by atoms with Crippen LogP contribution in [0.25, 0.3) is 0 Å². The van der Waals surface area contributed by atoms with E-state index in [2.05, 4.69) is 20.9 Å². The Kier molecular flexibility index (Phi) is 2.44. The third-order valence-electron chi connectivity index (χ3n) is 2.48. The van der Waals surface area contributed by atoms with E-state index >= 15 is 0 Å². The molecule has 5 heteroatoms. The largest absolute Gasteiger partial charge is 0.383 e. The lowest BCUT2D eigenvalue weighted by molar-refractivity contribution is 0.0250. The van der Waals surface area contributed by atoms with Gasteiger partial charge in [0, 0.05) is 6.54 Å². The highest BCUT2D eigenvalue weighted by Gasteiger charge is 2.46. The van der Waals surface area contributed by atoms with Crippen molar-refractivity contribution in [3.63, 3.8) is 0 Å². The lowest BCUT2D eigenvalue weighted by atomic mass is 9.97. The minimum Gasteiger partial charge on any atom is -0.383 e. The Morgan fingerprint density at radius 2 is 2.46 bits per heavy atom. The van der Waals surface area contributed by atoms with E-state index in [1.165, 1.54) is 11.3 Å². The van der Waals surface area contributed by atoms with E-state index in [-0.39, 0.29) is 6.54 Å². The van der Waals surface area contributed by atoms with Gasteiger partial charge in [0.2, 0.25) is 0 Å². The van der Waals surface area contributed by atoms with Crippen LogP contribution >= 0.6 is 27.3 Å². The zero-order valence-corrected chi connectivity index (χ0v) is 9.44. The number of nitrogens with two attached hydrogens (primary N) is 1. The Balaban J connectivity index is 2.35. The third-order valence-corrected chi connectivity index (χ3v) is 4.34. The van der Waals surface area contributed by atoms with Crippen molar-refractivity contribution in [1.82, 2.24) is 4.98 Å². The summed E-state index contributed by atoms with van der Waals surface area (Å²) in [6.45, 7) is 0.276. The van der Waals surface area contributed by atoms with E-state index in [1.807, 2.05) is 0 Å². The molecule has 3 N–H and O–H groups in total. The van der Waals surface area contributed by atoms with Gasteiger partial charge < -0.3 is 10.8 Å². The van der Waals surface area contributed by atoms with Crippen molar-refractivity contribution in [2.45, 2.75) is 18.4 Å². The highest BCUT2D eigenvalue weighted by Crippen LogP contribution is 2.47. The molecule has 0 bridgehead atoms. The quantitative estimate of drug-likeness (QED) is 0.868. The summed E-state index contributed by atoms with van der Waals surface area (Å²) in [4.78, 5) is 4.93. The Morgan fingerprint density at radius 3 is 2.85 bits per heavy atom. The molecule has 1 aliphatic rings. The molecule has 1 atom stereocenters. The summed E-state index contributed by atoms with van der Waals surface area (Å²) >= 11 is 4.78. The fraction of sp³-hybridized carbons (Fsp3) is 0.625. The minimum atomic E-state index is -0.847. The van der Waals surface area contributed by atoms with Crippen LogP contribution in [0.4, 0.5) is 0 Å². The van der Waals surface area contributed by atoms with Crippen LogP contribution in [0.15, 0.2) is 10.1 Å². The van der Waals surface area contributed by atoms with Crippen molar-refractivity contribution in [2.75, 3.05) is 6.54 Å². The third kappa shape index (κ3) is 1.54. The first-order valence-electron chi connectivity index (χ1n) is 4.20. The molecule has 0 amide bonds. The average molecular weight is 263 g/mol. The molecule has 13 heavy (non-hydrogen) atoms. The maximum absolute atomic E-state index is 10.3. The highest BCUT2D eigenvalue weighted by molar-refractivity contribution is 9.10. The van der Waals surface area contributed by atoms with Crippen molar-refractivity contribution < 1.29 is 5.11 Å². The second kappa shape index (κ2) is 3.31. The molecular weight excluding hydrogens is 252 g/mol. The fourth-order valence-electron chi connectivity index (χ4n) is 1.52. The number of hydrogen-bond acceptors (Lipinski definition) is 4. The van der Waals surface area contributed by atoms with Gasteiger partial charge >= 0.3 is 0 Å². The van der Waals surface area contributed by atoms with Crippen LogP contribution in [0.1, 0.15) is 17.7 Å². The summed E-state index contributed by atoms with van der Waals surface area (Å²) in [5.74, 6) is 0.328. The highest BCUT2D eigenvalue weighted by atomic mass is 79.9. The van der Waals surface area contributed by atoms with Crippen LogP contribution in [0, 0.1) is 5.92 Å². The molecule has 1 saturated carbocycles. The second-order valence-electron chi connectivity index (χ2n) is 3.37. The fourth-order valence-corrected chi connectivity index (χ4v) is 3.25. The molecule has 1 unspecified atom stereocenters. The molecule has 0 saturated heterocycles. The first-order valence-corrected chi connectivity index (χ1v) is 5.87. The van der Waals surface area contributed by atoms with Gasteiger partial charge in [-0.1, -0.05) is 0 Å². The predicted octanol–water partition coefficient (Wildman–Crippen LogP) is 1.46. The summed E-state index contributed by atoms with van der Waals surface area (Å²) in [5, 5.41) is 10.3. The number of rotatable bonds is 3. The number of halogens is 1. The van der Waals surface area contributed by atoms with Crippen molar-refractivity contribution in [3.05, 3.63) is 15.0 Å². The summed E-state index contributed by atoms with van der Waals surface area (Å²) in [7, 11) is 0. The first-order chi connectivity index (χ1) is 6.18. The Hall–Kier alpha value is 0.0300. The summed E-state index contributed by atoms with van der Waals surface area (Å²) in [5.41, 5.74) is 6.49. The van der Waals surface area contributed by atoms with Gasteiger partial charge in [0.05, 0.1) is 10.4 Å². The maximum Gasteiger partial charge on any atom is 0.123 e. The van der Waals surface area contributed by atoms with Crippen LogP contribution in [0.5, 0.6) is 0 Å². The van der Waals surface area contributed by atoms with Crippen LogP contribution in [0.3, 0.4) is 0 Å². The molecule has 1 heterocycles. The van der Waals surface area contributed by atoms with Crippen LogP contribution in [-0.4, -0.2) is 16.6 Å². The molecule has 1 aromatic rings. The molecule has 0 radical (unpaired) electrons. The molecule has 1 aliphatic carbocycles. The Bertz CT molecular complexity index is 313. The van der Waals surface area contributed by atoms with Gasteiger partial charge in [0.15, 0.2) is 0 Å². The molecule has 0 aliphatic heterocycles. The maximum atomic E-state index is 10.3. The van der Waals surface area contributed by atoms with Crippen molar-refractivity contribution >= 4 is 27.3 Å². The molecule has 2 rings (SSSR count). The normalized spacial score (nSPS) is 21.5. The van der Waals surface area contributed by atoms with Gasteiger partial charge in [-0.05, 0) is 34.7 Å². The zero-order chi connectivity index (χ0) is 9.47. The van der Waals surface area contributed by atoms with E-state index in [0.717, 1.165) is 22.3 Å². The van der Waals surface area contributed by atoms with Gasteiger partial charge in [-0.25, -0.2) is 4.98 Å². The molecule has 0 aromatic carbocycles. The van der Waals surface area contributed by atoms with Gasteiger partial charge in [-0.3, -0.25) is 0 Å². The van der Waals surface area contributed by atoms with Gasteiger partial charge in [0.25, 0.3) is 0 Å². The summed E-state index contributed by atoms with van der Waals surface area (Å²) in [6, 6.07) is 0. The van der Waals surface area contributed by atoms with Gasteiger partial charge in [-0.15, -0.1) is 11.3 Å². The summed E-state index contributed by atoms with van der Waals surface area (Å²) in [6.07, 6.45) is 2.13. The van der Waals surface area contributed by atoms with E-state index in [4.69, 9.17) is 5.73 Å². The lowest BCUT2D eigenvalue weighted by Crippen LogP contribution is -2.36. The summed E-state index contributed by atoms with van der Waals surface area (Å²) < 4.78 is 0.734. The van der Waals surface area contributed by atoms with E-state index < -0.39 is 5.60 Å². The topological polar surface area (TPSA) is 59.1 Å². The Morgan fingerprint density at radius 1 is 1.77 bits per heavy atom. The smallest absolute Gasteiger partial charge is 0.123 e. The molecule has 0 spiro atoms. The predicted molar refractivity (Wildman–Crippen MR) is 55.5 cm³/mol. The van der Waals surface area contributed by atoms with Crippen molar-refractivity contribution in [1.29, 1.82) is 0 Å². The van der Waals surface area contributed by atoms with Crippen LogP contribution < -0.4 is 5.73 Å². The number of nitrogens with zero attached hydrogens (tertiary/aromatic N) is 1. The second-order valence-corrected chi connectivity index (χ2v) is 4.98. The zero-order valence-electron chi connectivity index (χ0n) is 7.03. The van der Waals surface area contributed by atoms with Gasteiger partial charge in [-0.2, -0.15) is 0 Å². The average Bonchev–Trinajstić information content (AvgIpc) is 2.89. The standard InChI is InChI=1S/C8H11BrN2OS/c9-7-6(13-4-11-7)8(12,3-10)5-1-2-5/h4-5,12H,1-3,10H2. The first kappa shape index (κ1) is 9.58. The molecular formula is C8H11BrN2OS. The van der Waals surface area contributed by atoms with Crippen LogP contribution in [0.2, 0.25) is 0 Å². The number of aliphatic hydroxyl groups is 1. The Labute approximate surface area is 89.1 Å². The number of aromatic nitrogens is 1. The molecule has 1 fully saturated rings. The lowest BCUT2D eigenvalue weighted by Gasteiger charge is -2.24. The minimum absolute atomic E-state index is 0.276. The number of thiazole rings is 1. The van der Waals surface area contributed by atoms with E-state index in [0.29, 0.717) is 5.92 Å². The SMILES string of the molecule is NCC(O)(c1scnc1Br)C1CC1. The molecule has 3 nitrogen and oxygen atoms in total. The van der Waals surface area contributed by atoms with E-state index in [1.54, 1.807) is 5.51 Å². The molecule has 1 aromatic heterocycles. The van der Waals surface area contributed by atoms with Gasteiger partial charge in [0.1, 0.15) is 10.2 Å². The monoisotopic (exact) mass is 262 g/mol. The van der Waals surface area contributed by atoms with Crippen molar-refractivity contribution in [3.8, 4) is 0 Å². The molecule has 72 valence electrons. The van der Waals surface area contributed by atoms with E-state index in [9.17, 15) is 5.11 Å². The van der Waals surface area contributed by atoms with Crippen LogP contribution in [-0.2, 0) is 5.60 Å². The van der Waals surface area contributed by atoms with Crippen molar-refractivity contribution in [2.24, 2.45) is 11.7 Å². The number of hydrogen-bond donors (Lipinski definition) is 2.